The van der Waals surface area contributed by atoms with Crippen molar-refractivity contribution >= 4 is 45.9 Å². The van der Waals surface area contributed by atoms with Gasteiger partial charge in [-0.15, -0.1) is 24.0 Å². The predicted molar refractivity (Wildman–Crippen MR) is 121 cm³/mol. The normalized spacial score (nSPS) is 17.7. The summed E-state index contributed by atoms with van der Waals surface area (Å²) in [7, 11) is -3.67. The first-order valence-corrected chi connectivity index (χ1v) is 10.8. The van der Waals surface area contributed by atoms with Crippen molar-refractivity contribution in [2.45, 2.75) is 37.5 Å². The molecule has 1 amide bonds. The summed E-state index contributed by atoms with van der Waals surface area (Å²) in [5, 5.41) is 8.42. The van der Waals surface area contributed by atoms with Crippen molar-refractivity contribution in [1.29, 1.82) is 0 Å². The van der Waals surface area contributed by atoms with Gasteiger partial charge in [-0.1, -0.05) is 12.1 Å². The molecule has 1 aromatic carbocycles. The van der Waals surface area contributed by atoms with Crippen molar-refractivity contribution in [3.63, 3.8) is 0 Å². The quantitative estimate of drug-likeness (QED) is 0.279. The van der Waals surface area contributed by atoms with Gasteiger partial charge >= 0.3 is 0 Å². The van der Waals surface area contributed by atoms with E-state index in [9.17, 15) is 13.2 Å². The zero-order valence-corrected chi connectivity index (χ0v) is 19.3. The molecule has 1 unspecified atom stereocenters. The highest BCUT2D eigenvalue weighted by Crippen LogP contribution is 2.19. The third kappa shape index (κ3) is 7.92. The summed E-state index contributed by atoms with van der Waals surface area (Å²) in [4.78, 5) is 18.2. The molecule has 158 valence electrons. The lowest BCUT2D eigenvalue weighted by molar-refractivity contribution is -0.119. The minimum atomic E-state index is -3.67. The second-order valence-electron chi connectivity index (χ2n) is 6.80. The Labute approximate surface area is 184 Å². The molecule has 8 nitrogen and oxygen atoms in total. The van der Waals surface area contributed by atoms with Gasteiger partial charge in [0.2, 0.25) is 15.9 Å². The van der Waals surface area contributed by atoms with Gasteiger partial charge in [0.1, 0.15) is 0 Å². The summed E-state index contributed by atoms with van der Waals surface area (Å²) in [6.07, 6.45) is 3.12. The molecule has 5 N–H and O–H groups in total. The number of carbonyl (C=O) groups is 1. The molecule has 0 aromatic heterocycles. The maximum Gasteiger partial charge on any atom is 0.238 e. The number of likely N-dealkylation sites (tertiary alicyclic amines) is 1. The highest BCUT2D eigenvalue weighted by atomic mass is 127. The van der Waals surface area contributed by atoms with Gasteiger partial charge in [-0.05, 0) is 49.8 Å². The molecule has 28 heavy (non-hydrogen) atoms. The van der Waals surface area contributed by atoms with E-state index in [0.717, 1.165) is 44.0 Å². The Bertz CT molecular complexity index is 768. The fraction of sp³-hybridized carbons (Fsp3) is 0.556. The van der Waals surface area contributed by atoms with Crippen LogP contribution in [-0.4, -0.2) is 51.4 Å². The van der Waals surface area contributed by atoms with Gasteiger partial charge < -0.3 is 16.0 Å². The molecular formula is C18H30IN5O3S. The average Bonchev–Trinajstić information content (AvgIpc) is 2.60. The van der Waals surface area contributed by atoms with Gasteiger partial charge in [-0.3, -0.25) is 9.79 Å². The molecule has 0 spiro atoms. The second-order valence-corrected chi connectivity index (χ2v) is 8.36. The van der Waals surface area contributed by atoms with Gasteiger partial charge in [0.05, 0.1) is 4.90 Å². The molecule has 2 rings (SSSR count). The first-order valence-electron chi connectivity index (χ1n) is 9.23. The molecule has 0 bridgehead atoms. The Morgan fingerprint density at radius 1 is 1.32 bits per heavy atom. The molecule has 1 aromatic rings. The van der Waals surface area contributed by atoms with Crippen molar-refractivity contribution < 1.29 is 13.2 Å². The third-order valence-electron chi connectivity index (χ3n) is 4.56. The van der Waals surface area contributed by atoms with E-state index in [-0.39, 0.29) is 40.7 Å². The molecular weight excluding hydrogens is 493 g/mol. The van der Waals surface area contributed by atoms with Crippen LogP contribution in [0.15, 0.2) is 34.2 Å². The number of aliphatic imine (C=N–C) groups is 1. The lowest BCUT2D eigenvalue weighted by Gasteiger charge is -2.34. The number of rotatable bonds is 7. The molecule has 0 saturated carbocycles. The first kappa shape index (κ1) is 24.6. The van der Waals surface area contributed by atoms with E-state index < -0.39 is 10.0 Å². The molecule has 1 saturated heterocycles. The van der Waals surface area contributed by atoms with E-state index in [0.29, 0.717) is 19.4 Å². The molecule has 10 heteroatoms. The molecule has 0 aliphatic carbocycles. The maximum atomic E-state index is 11.3. The number of hydrogen-bond donors (Lipinski definition) is 3. The van der Waals surface area contributed by atoms with Crippen LogP contribution in [0.3, 0.4) is 0 Å². The summed E-state index contributed by atoms with van der Waals surface area (Å²) in [5.74, 6) is 0.852. The number of nitrogens with two attached hydrogens (primary N) is 2. The van der Waals surface area contributed by atoms with Crippen molar-refractivity contribution in [1.82, 2.24) is 10.2 Å². The Morgan fingerprint density at radius 3 is 2.57 bits per heavy atom. The van der Waals surface area contributed by atoms with Gasteiger partial charge in [0.15, 0.2) is 5.96 Å². The maximum absolute atomic E-state index is 11.3. The smallest absolute Gasteiger partial charge is 0.238 e. The fourth-order valence-electron chi connectivity index (χ4n) is 3.27. The molecule has 1 fully saturated rings. The van der Waals surface area contributed by atoms with E-state index in [4.69, 9.17) is 10.9 Å². The van der Waals surface area contributed by atoms with Crippen LogP contribution in [0.25, 0.3) is 0 Å². The van der Waals surface area contributed by atoms with Gasteiger partial charge in [0, 0.05) is 32.6 Å². The standard InChI is InChI=1S/C18H29N5O3S.HI/c1-2-21-18(23-11-3-4-15(13-23)12-17(19)24)22-10-9-14-5-7-16(8-6-14)27(20,25)26;/h5-8,15H,2-4,9-13H2,1H3,(H2,19,24)(H,21,22)(H2,20,25,26);1H. The Balaban J connectivity index is 0.00000392. The SMILES string of the molecule is CCNC(=NCCc1ccc(S(N)(=O)=O)cc1)N1CCCC(CC(N)=O)C1.I. The van der Waals surface area contributed by atoms with Crippen LogP contribution < -0.4 is 16.2 Å². The highest BCUT2D eigenvalue weighted by Gasteiger charge is 2.23. The molecule has 1 aliphatic heterocycles. The lowest BCUT2D eigenvalue weighted by Crippen LogP contribution is -2.47. The third-order valence-corrected chi connectivity index (χ3v) is 5.49. The number of halogens is 1. The summed E-state index contributed by atoms with van der Waals surface area (Å²) < 4.78 is 22.6. The minimum absolute atomic E-state index is 0. The zero-order valence-electron chi connectivity index (χ0n) is 16.1. The van der Waals surface area contributed by atoms with E-state index in [1.165, 1.54) is 12.1 Å². The molecule has 1 aliphatic rings. The number of benzene rings is 1. The number of guanidine groups is 1. The topological polar surface area (TPSA) is 131 Å². The van der Waals surface area contributed by atoms with Gasteiger partial charge in [0.25, 0.3) is 0 Å². The van der Waals surface area contributed by atoms with Gasteiger partial charge in [-0.25, -0.2) is 13.6 Å². The van der Waals surface area contributed by atoms with Crippen molar-refractivity contribution in [2.24, 2.45) is 21.8 Å². The molecule has 1 heterocycles. The van der Waals surface area contributed by atoms with E-state index in [2.05, 4.69) is 15.2 Å². The van der Waals surface area contributed by atoms with Crippen molar-refractivity contribution in [3.8, 4) is 0 Å². The number of nitrogens with one attached hydrogen (secondary N) is 1. The number of primary amides is 1. The van der Waals surface area contributed by atoms with Crippen LogP contribution in [0.4, 0.5) is 0 Å². The fourth-order valence-corrected chi connectivity index (χ4v) is 3.79. The Hall–Kier alpha value is -1.40. The van der Waals surface area contributed by atoms with Gasteiger partial charge in [-0.2, -0.15) is 0 Å². The van der Waals surface area contributed by atoms with E-state index in [1.807, 2.05) is 6.92 Å². The summed E-state index contributed by atoms with van der Waals surface area (Å²) in [6, 6.07) is 6.54. The molecule has 0 radical (unpaired) electrons. The largest absolute Gasteiger partial charge is 0.370 e. The average molecular weight is 523 g/mol. The summed E-state index contributed by atoms with van der Waals surface area (Å²) in [5.41, 5.74) is 6.33. The summed E-state index contributed by atoms with van der Waals surface area (Å²) in [6.45, 7) is 5.04. The van der Waals surface area contributed by atoms with Crippen LogP contribution in [-0.2, 0) is 21.2 Å². The second kappa shape index (κ2) is 11.6. The lowest BCUT2D eigenvalue weighted by atomic mass is 9.95. The van der Waals surface area contributed by atoms with Crippen LogP contribution in [0.2, 0.25) is 0 Å². The van der Waals surface area contributed by atoms with Crippen LogP contribution in [0.5, 0.6) is 0 Å². The van der Waals surface area contributed by atoms with Crippen LogP contribution >= 0.6 is 24.0 Å². The number of carbonyl (C=O) groups excluding carboxylic acids is 1. The number of hydrogen-bond acceptors (Lipinski definition) is 4. The Morgan fingerprint density at radius 2 is 2.00 bits per heavy atom. The minimum Gasteiger partial charge on any atom is -0.370 e. The predicted octanol–water partition coefficient (Wildman–Crippen LogP) is 1.05. The Kier molecular flexibility index (Phi) is 10.2. The number of piperidine rings is 1. The first-order chi connectivity index (χ1) is 12.8. The van der Waals surface area contributed by atoms with Crippen LogP contribution in [0, 0.1) is 5.92 Å². The van der Waals surface area contributed by atoms with E-state index in [1.54, 1.807) is 12.1 Å². The highest BCUT2D eigenvalue weighted by molar-refractivity contribution is 14.0. The zero-order chi connectivity index (χ0) is 19.9. The number of primary sulfonamides is 1. The van der Waals surface area contributed by atoms with Crippen LogP contribution in [0.1, 0.15) is 31.7 Å². The number of amides is 1. The van der Waals surface area contributed by atoms with Crippen molar-refractivity contribution in [3.05, 3.63) is 29.8 Å². The monoisotopic (exact) mass is 523 g/mol. The van der Waals surface area contributed by atoms with Crippen molar-refractivity contribution in [2.75, 3.05) is 26.2 Å². The number of sulfonamides is 1. The molecule has 1 atom stereocenters. The number of nitrogens with zero attached hydrogens (tertiary/aromatic N) is 2. The van der Waals surface area contributed by atoms with E-state index >= 15 is 0 Å². The summed E-state index contributed by atoms with van der Waals surface area (Å²) >= 11 is 0.